The van der Waals surface area contributed by atoms with Gasteiger partial charge in [0.05, 0.1) is 44.6 Å². The molecule has 1 heterocycles. The molecule has 0 unspecified atom stereocenters. The number of rotatable bonds is 7. The number of phenolic OH excluding ortho intramolecular Hbond substituents is 1. The van der Waals surface area contributed by atoms with E-state index in [1.807, 2.05) is 0 Å². The number of aromatic hydroxyl groups is 1. The second-order valence-electron chi connectivity index (χ2n) is 5.97. The van der Waals surface area contributed by atoms with E-state index in [-0.39, 0.29) is 5.75 Å². The summed E-state index contributed by atoms with van der Waals surface area (Å²) in [6, 6.07) is 14.1. The first kappa shape index (κ1) is 19.6. The van der Waals surface area contributed by atoms with Crippen molar-refractivity contribution in [1.29, 1.82) is 5.26 Å². The van der Waals surface area contributed by atoms with E-state index in [1.165, 1.54) is 6.20 Å². The lowest BCUT2D eigenvalue weighted by atomic mass is 9.97. The molecule has 1 aromatic heterocycles. The maximum Gasteiger partial charge on any atom is 0.165 e. The maximum absolute atomic E-state index is 9.70. The third-order valence-corrected chi connectivity index (χ3v) is 4.10. The van der Waals surface area contributed by atoms with E-state index in [4.69, 9.17) is 9.47 Å². The van der Waals surface area contributed by atoms with Gasteiger partial charge in [-0.2, -0.15) is 10.4 Å². The molecule has 0 aliphatic rings. The average molecular weight is 389 g/mol. The van der Waals surface area contributed by atoms with Gasteiger partial charge in [-0.1, -0.05) is 6.07 Å². The number of benzene rings is 2. The number of aromatic nitrogens is 2. The first-order valence-electron chi connectivity index (χ1n) is 8.66. The number of nitrogens with one attached hydrogen (secondary N) is 1. The van der Waals surface area contributed by atoms with Gasteiger partial charge < -0.3 is 14.6 Å². The Balaban J connectivity index is 1.80. The van der Waals surface area contributed by atoms with Crippen LogP contribution in [0.15, 0.2) is 60.0 Å². The highest BCUT2D eigenvalue weighted by atomic mass is 16.5. The number of methoxy groups -OCH3 is 2. The first-order chi connectivity index (χ1) is 14.1. The average Bonchev–Trinajstić information content (AvgIpc) is 2.76. The summed E-state index contributed by atoms with van der Waals surface area (Å²) in [5, 5.41) is 23.1. The van der Waals surface area contributed by atoms with Crippen LogP contribution in [0.1, 0.15) is 22.7 Å². The van der Waals surface area contributed by atoms with E-state index in [0.717, 1.165) is 5.56 Å². The third-order valence-electron chi connectivity index (χ3n) is 4.10. The molecule has 3 rings (SSSR count). The van der Waals surface area contributed by atoms with Gasteiger partial charge in [0, 0.05) is 0 Å². The number of phenols is 1. The van der Waals surface area contributed by atoms with Gasteiger partial charge in [0.2, 0.25) is 0 Å². The summed E-state index contributed by atoms with van der Waals surface area (Å²) < 4.78 is 10.6. The number of hydrazone groups is 1. The number of nitriles is 1. The van der Waals surface area contributed by atoms with E-state index in [9.17, 15) is 10.4 Å². The van der Waals surface area contributed by atoms with E-state index >= 15 is 0 Å². The molecule has 0 saturated carbocycles. The molecule has 1 atom stereocenters. The molecule has 8 heteroatoms. The highest BCUT2D eigenvalue weighted by Gasteiger charge is 2.18. The van der Waals surface area contributed by atoms with Crippen LogP contribution in [-0.2, 0) is 0 Å². The molecular formula is C21H19N5O3. The molecule has 0 aliphatic heterocycles. The molecule has 0 spiro atoms. The minimum absolute atomic E-state index is 0.186. The fourth-order valence-corrected chi connectivity index (χ4v) is 2.65. The quantitative estimate of drug-likeness (QED) is 0.471. The van der Waals surface area contributed by atoms with E-state index in [0.29, 0.717) is 28.6 Å². The zero-order valence-corrected chi connectivity index (χ0v) is 15.9. The van der Waals surface area contributed by atoms with Crippen molar-refractivity contribution >= 4 is 12.0 Å². The molecule has 0 aliphatic carbocycles. The highest BCUT2D eigenvalue weighted by molar-refractivity contribution is 5.80. The van der Waals surface area contributed by atoms with Crippen molar-refractivity contribution < 1.29 is 14.6 Å². The molecule has 0 saturated heterocycles. The molecule has 8 nitrogen and oxygen atoms in total. The Bertz CT molecular complexity index is 1040. The summed E-state index contributed by atoms with van der Waals surface area (Å²) in [7, 11) is 3.10. The van der Waals surface area contributed by atoms with Crippen LogP contribution in [0.25, 0.3) is 0 Å². The van der Waals surface area contributed by atoms with Gasteiger partial charge in [0.15, 0.2) is 17.3 Å². The molecule has 29 heavy (non-hydrogen) atoms. The highest BCUT2D eigenvalue weighted by Crippen LogP contribution is 2.32. The molecule has 2 N–H and O–H groups in total. The molecule has 0 fully saturated rings. The molecule has 3 aromatic rings. The fraction of sp³-hybridized carbons (Fsp3) is 0.143. The number of nitrogens with zero attached hydrogens (tertiary/aromatic N) is 4. The van der Waals surface area contributed by atoms with Crippen molar-refractivity contribution in [2.45, 2.75) is 5.92 Å². The lowest BCUT2D eigenvalue weighted by Gasteiger charge is -2.13. The Hall–Kier alpha value is -4.12. The summed E-state index contributed by atoms with van der Waals surface area (Å²) in [5.74, 6) is 1.07. The van der Waals surface area contributed by atoms with E-state index < -0.39 is 5.92 Å². The summed E-state index contributed by atoms with van der Waals surface area (Å²) in [6.45, 7) is 0. The van der Waals surface area contributed by atoms with Crippen molar-refractivity contribution in [3.63, 3.8) is 0 Å². The van der Waals surface area contributed by atoms with E-state index in [2.05, 4.69) is 26.6 Å². The zero-order chi connectivity index (χ0) is 20.6. The SMILES string of the molecule is COc1ccc([C@H](C#N)c2cncc(N/N=C/c3ccc(O)cc3)n2)cc1OC. The van der Waals surface area contributed by atoms with Crippen LogP contribution in [0.3, 0.4) is 0 Å². The smallest absolute Gasteiger partial charge is 0.165 e. The minimum atomic E-state index is -0.634. The Labute approximate surface area is 168 Å². The number of hydrogen-bond acceptors (Lipinski definition) is 8. The topological polar surface area (TPSA) is 113 Å². The molecular weight excluding hydrogens is 370 g/mol. The number of hydrogen-bond donors (Lipinski definition) is 2. The third kappa shape index (κ3) is 4.78. The lowest BCUT2D eigenvalue weighted by Crippen LogP contribution is -2.05. The van der Waals surface area contributed by atoms with Gasteiger partial charge >= 0.3 is 0 Å². The number of anilines is 1. The standard InChI is InChI=1S/C21H19N5O3/c1-28-19-8-5-15(9-20(19)29-2)17(10-22)18-12-23-13-21(25-18)26-24-11-14-3-6-16(27)7-4-14/h3-9,11-13,17,27H,1-2H3,(H,25,26)/b24-11+/t17-/m0/s1. The van der Waals surface area contributed by atoms with E-state index in [1.54, 1.807) is 69.1 Å². The zero-order valence-electron chi connectivity index (χ0n) is 15.9. The fourth-order valence-electron chi connectivity index (χ4n) is 2.65. The van der Waals surface area contributed by atoms with Gasteiger partial charge in [0.25, 0.3) is 0 Å². The van der Waals surface area contributed by atoms with Crippen molar-refractivity contribution in [1.82, 2.24) is 9.97 Å². The second kappa shape index (κ2) is 9.19. The van der Waals surface area contributed by atoms with Crippen LogP contribution < -0.4 is 14.9 Å². The van der Waals surface area contributed by atoms with Gasteiger partial charge in [-0.15, -0.1) is 0 Å². The molecule has 0 radical (unpaired) electrons. The van der Waals surface area contributed by atoms with Gasteiger partial charge in [-0.3, -0.25) is 10.4 Å². The first-order valence-corrected chi connectivity index (χ1v) is 8.66. The molecule has 0 amide bonds. The molecule has 2 aromatic carbocycles. The Kier molecular flexibility index (Phi) is 6.22. The Morgan fingerprint density at radius 1 is 1.10 bits per heavy atom. The maximum atomic E-state index is 9.70. The second-order valence-corrected chi connectivity index (χ2v) is 5.97. The largest absolute Gasteiger partial charge is 0.508 e. The van der Waals surface area contributed by atoms with Crippen LogP contribution >= 0.6 is 0 Å². The normalized spacial score (nSPS) is 11.6. The van der Waals surface area contributed by atoms with Crippen molar-refractivity contribution in [2.24, 2.45) is 5.10 Å². The van der Waals surface area contributed by atoms with Gasteiger partial charge in [-0.25, -0.2) is 4.98 Å². The van der Waals surface area contributed by atoms with Gasteiger partial charge in [0.1, 0.15) is 11.7 Å². The summed E-state index contributed by atoms with van der Waals surface area (Å²) in [5.41, 5.74) is 4.79. The van der Waals surface area contributed by atoms with Crippen LogP contribution in [0.5, 0.6) is 17.2 Å². The lowest BCUT2D eigenvalue weighted by molar-refractivity contribution is 0.354. The Morgan fingerprint density at radius 2 is 1.86 bits per heavy atom. The summed E-state index contributed by atoms with van der Waals surface area (Å²) in [6.07, 6.45) is 4.64. The molecule has 0 bridgehead atoms. The summed E-state index contributed by atoms with van der Waals surface area (Å²) in [4.78, 5) is 8.60. The summed E-state index contributed by atoms with van der Waals surface area (Å²) >= 11 is 0. The van der Waals surface area contributed by atoms with Gasteiger partial charge in [-0.05, 0) is 47.5 Å². The monoisotopic (exact) mass is 389 g/mol. The predicted molar refractivity (Wildman–Crippen MR) is 108 cm³/mol. The Morgan fingerprint density at radius 3 is 2.55 bits per heavy atom. The predicted octanol–water partition coefficient (Wildman–Crippen LogP) is 3.30. The van der Waals surface area contributed by atoms with Crippen LogP contribution in [0, 0.1) is 11.3 Å². The van der Waals surface area contributed by atoms with Crippen LogP contribution in [0.4, 0.5) is 5.82 Å². The van der Waals surface area contributed by atoms with Crippen LogP contribution in [-0.4, -0.2) is 35.5 Å². The van der Waals surface area contributed by atoms with Crippen molar-refractivity contribution in [3.8, 4) is 23.3 Å². The van der Waals surface area contributed by atoms with Crippen LogP contribution in [0.2, 0.25) is 0 Å². The van der Waals surface area contributed by atoms with Crippen molar-refractivity contribution in [2.75, 3.05) is 19.6 Å². The minimum Gasteiger partial charge on any atom is -0.508 e. The molecule has 146 valence electrons. The van der Waals surface area contributed by atoms with Crippen molar-refractivity contribution in [3.05, 3.63) is 71.7 Å². The number of ether oxygens (including phenoxy) is 2.